The lowest BCUT2D eigenvalue weighted by atomic mass is 10.1. The Kier molecular flexibility index (Phi) is 6.33. The van der Waals surface area contributed by atoms with E-state index in [1.807, 2.05) is 32.9 Å². The molecule has 0 heterocycles. The number of nitrogens with one attached hydrogen (secondary N) is 1. The predicted octanol–water partition coefficient (Wildman–Crippen LogP) is 3.23. The SMILES string of the molecule is Cc1cc(C)c(NC(=O)CN(C)C(=O)COc2ccccc2F)c(C)c1. The van der Waals surface area contributed by atoms with E-state index in [9.17, 15) is 14.0 Å². The summed E-state index contributed by atoms with van der Waals surface area (Å²) in [5.74, 6) is -1.25. The molecule has 0 atom stereocenters. The van der Waals surface area contributed by atoms with E-state index < -0.39 is 11.7 Å². The summed E-state index contributed by atoms with van der Waals surface area (Å²) in [6.45, 7) is 5.38. The number of nitrogens with zero attached hydrogens (tertiary/aromatic N) is 1. The molecule has 0 spiro atoms. The highest BCUT2D eigenvalue weighted by molar-refractivity contribution is 5.95. The number of halogens is 1. The van der Waals surface area contributed by atoms with E-state index in [2.05, 4.69) is 5.32 Å². The highest BCUT2D eigenvalue weighted by atomic mass is 19.1. The average molecular weight is 358 g/mol. The van der Waals surface area contributed by atoms with Gasteiger partial charge in [0.2, 0.25) is 5.91 Å². The summed E-state index contributed by atoms with van der Waals surface area (Å²) < 4.78 is 18.7. The van der Waals surface area contributed by atoms with Gasteiger partial charge < -0.3 is 15.0 Å². The van der Waals surface area contributed by atoms with E-state index >= 15 is 0 Å². The maximum Gasteiger partial charge on any atom is 0.260 e. The summed E-state index contributed by atoms with van der Waals surface area (Å²) >= 11 is 0. The van der Waals surface area contributed by atoms with Gasteiger partial charge in [-0.05, 0) is 44.0 Å². The first-order valence-corrected chi connectivity index (χ1v) is 8.27. The van der Waals surface area contributed by atoms with Crippen LogP contribution in [0.15, 0.2) is 36.4 Å². The minimum Gasteiger partial charge on any atom is -0.481 e. The fourth-order valence-corrected chi connectivity index (χ4v) is 2.67. The maximum atomic E-state index is 13.5. The molecule has 0 aromatic heterocycles. The van der Waals surface area contributed by atoms with Crippen molar-refractivity contribution in [1.82, 2.24) is 4.90 Å². The van der Waals surface area contributed by atoms with Crippen molar-refractivity contribution in [2.75, 3.05) is 25.5 Å². The van der Waals surface area contributed by atoms with Crippen LogP contribution in [-0.4, -0.2) is 36.9 Å². The van der Waals surface area contributed by atoms with Crippen molar-refractivity contribution in [3.63, 3.8) is 0 Å². The molecule has 0 aliphatic rings. The molecule has 0 radical (unpaired) electrons. The van der Waals surface area contributed by atoms with Crippen molar-refractivity contribution in [3.8, 4) is 5.75 Å². The third-order valence-electron chi connectivity index (χ3n) is 3.94. The number of anilines is 1. The second-order valence-corrected chi connectivity index (χ2v) is 6.29. The molecule has 1 N–H and O–H groups in total. The fourth-order valence-electron chi connectivity index (χ4n) is 2.67. The molecule has 0 bridgehead atoms. The number of benzene rings is 2. The van der Waals surface area contributed by atoms with E-state index in [1.165, 1.54) is 30.1 Å². The topological polar surface area (TPSA) is 58.6 Å². The van der Waals surface area contributed by atoms with Crippen LogP contribution in [0.3, 0.4) is 0 Å². The number of ether oxygens (including phenoxy) is 1. The van der Waals surface area contributed by atoms with Gasteiger partial charge in [0, 0.05) is 12.7 Å². The van der Waals surface area contributed by atoms with E-state index in [1.54, 1.807) is 6.07 Å². The Morgan fingerprint density at radius 3 is 2.35 bits per heavy atom. The Hall–Kier alpha value is -2.89. The Labute approximate surface area is 152 Å². The number of likely N-dealkylation sites (N-methyl/N-ethyl adjacent to an activating group) is 1. The van der Waals surface area contributed by atoms with Crippen LogP contribution in [0.25, 0.3) is 0 Å². The summed E-state index contributed by atoms with van der Waals surface area (Å²) in [5.41, 5.74) is 3.81. The molecule has 0 unspecified atom stereocenters. The van der Waals surface area contributed by atoms with Crippen LogP contribution in [0, 0.1) is 26.6 Å². The largest absolute Gasteiger partial charge is 0.481 e. The van der Waals surface area contributed by atoms with Gasteiger partial charge in [0.25, 0.3) is 5.91 Å². The predicted molar refractivity (Wildman–Crippen MR) is 98.8 cm³/mol. The van der Waals surface area contributed by atoms with Crippen molar-refractivity contribution < 1.29 is 18.7 Å². The summed E-state index contributed by atoms with van der Waals surface area (Å²) in [4.78, 5) is 25.6. The zero-order chi connectivity index (χ0) is 19.3. The van der Waals surface area contributed by atoms with Crippen LogP contribution in [0.1, 0.15) is 16.7 Å². The van der Waals surface area contributed by atoms with Crippen molar-refractivity contribution in [2.45, 2.75) is 20.8 Å². The molecule has 26 heavy (non-hydrogen) atoms. The van der Waals surface area contributed by atoms with Crippen LogP contribution in [-0.2, 0) is 9.59 Å². The summed E-state index contributed by atoms with van der Waals surface area (Å²) in [7, 11) is 1.50. The molecule has 0 saturated heterocycles. The first kappa shape index (κ1) is 19.4. The smallest absolute Gasteiger partial charge is 0.260 e. The number of hydrogen-bond donors (Lipinski definition) is 1. The van der Waals surface area contributed by atoms with Crippen molar-refractivity contribution >= 4 is 17.5 Å². The number of amides is 2. The minimum absolute atomic E-state index is 0.00427. The molecule has 6 heteroatoms. The van der Waals surface area contributed by atoms with Crippen molar-refractivity contribution in [2.24, 2.45) is 0 Å². The lowest BCUT2D eigenvalue weighted by molar-refractivity contribution is -0.135. The van der Waals surface area contributed by atoms with Crippen LogP contribution in [0.4, 0.5) is 10.1 Å². The highest BCUT2D eigenvalue weighted by Gasteiger charge is 2.16. The van der Waals surface area contributed by atoms with Crippen molar-refractivity contribution in [1.29, 1.82) is 0 Å². The van der Waals surface area contributed by atoms with Gasteiger partial charge in [-0.3, -0.25) is 9.59 Å². The molecule has 2 amide bonds. The number of aryl methyl sites for hydroxylation is 3. The second kappa shape index (κ2) is 8.47. The molecule has 5 nitrogen and oxygen atoms in total. The molecule has 2 rings (SSSR count). The Morgan fingerprint density at radius 2 is 1.73 bits per heavy atom. The summed E-state index contributed by atoms with van der Waals surface area (Å²) in [6, 6.07) is 9.82. The van der Waals surface area contributed by atoms with Gasteiger partial charge in [-0.15, -0.1) is 0 Å². The zero-order valence-corrected chi connectivity index (χ0v) is 15.4. The normalized spacial score (nSPS) is 10.3. The lowest BCUT2D eigenvalue weighted by Gasteiger charge is -2.18. The van der Waals surface area contributed by atoms with E-state index in [0.717, 1.165) is 22.4 Å². The van der Waals surface area contributed by atoms with Crippen LogP contribution >= 0.6 is 0 Å². The second-order valence-electron chi connectivity index (χ2n) is 6.29. The molecule has 2 aromatic carbocycles. The first-order chi connectivity index (χ1) is 12.3. The third-order valence-corrected chi connectivity index (χ3v) is 3.94. The van der Waals surface area contributed by atoms with E-state index in [-0.39, 0.29) is 24.8 Å². The summed E-state index contributed by atoms with van der Waals surface area (Å²) in [5, 5.41) is 2.84. The fraction of sp³-hybridized carbons (Fsp3) is 0.300. The molecule has 0 aliphatic heterocycles. The Balaban J connectivity index is 1.90. The van der Waals surface area contributed by atoms with Crippen LogP contribution < -0.4 is 10.1 Å². The number of rotatable bonds is 6. The maximum absolute atomic E-state index is 13.5. The standard InChI is InChI=1S/C20H23FN2O3/c1-13-9-14(2)20(15(3)10-13)22-18(24)11-23(4)19(25)12-26-17-8-6-5-7-16(17)21/h5-10H,11-12H2,1-4H3,(H,22,24). The van der Waals surface area contributed by atoms with Gasteiger partial charge in [-0.25, -0.2) is 4.39 Å². The Morgan fingerprint density at radius 1 is 1.12 bits per heavy atom. The first-order valence-electron chi connectivity index (χ1n) is 8.27. The van der Waals surface area contributed by atoms with Crippen LogP contribution in [0.2, 0.25) is 0 Å². The van der Waals surface area contributed by atoms with E-state index in [0.29, 0.717) is 0 Å². The molecule has 138 valence electrons. The number of carbonyl (C=O) groups excluding carboxylic acids is 2. The van der Waals surface area contributed by atoms with Gasteiger partial charge in [-0.1, -0.05) is 29.8 Å². The lowest BCUT2D eigenvalue weighted by Crippen LogP contribution is -2.37. The Bertz CT molecular complexity index is 797. The van der Waals surface area contributed by atoms with Crippen LogP contribution in [0.5, 0.6) is 5.75 Å². The van der Waals surface area contributed by atoms with Gasteiger partial charge in [0.15, 0.2) is 18.2 Å². The zero-order valence-electron chi connectivity index (χ0n) is 15.4. The minimum atomic E-state index is -0.536. The van der Waals surface area contributed by atoms with Gasteiger partial charge in [0.1, 0.15) is 0 Å². The van der Waals surface area contributed by atoms with Crippen molar-refractivity contribution in [3.05, 3.63) is 58.9 Å². The number of carbonyl (C=O) groups is 2. The number of hydrogen-bond acceptors (Lipinski definition) is 3. The highest BCUT2D eigenvalue weighted by Crippen LogP contribution is 2.21. The number of para-hydroxylation sites is 1. The summed E-state index contributed by atoms with van der Waals surface area (Å²) in [6.07, 6.45) is 0. The van der Waals surface area contributed by atoms with Gasteiger partial charge in [-0.2, -0.15) is 0 Å². The monoisotopic (exact) mass is 358 g/mol. The third kappa shape index (κ3) is 5.05. The van der Waals surface area contributed by atoms with Gasteiger partial charge in [0.05, 0.1) is 6.54 Å². The van der Waals surface area contributed by atoms with E-state index in [4.69, 9.17) is 4.74 Å². The molecule has 0 saturated carbocycles. The molecule has 0 aliphatic carbocycles. The quantitative estimate of drug-likeness (QED) is 0.862. The molecular formula is C20H23FN2O3. The molecular weight excluding hydrogens is 335 g/mol. The average Bonchev–Trinajstić information content (AvgIpc) is 2.57. The molecule has 0 fully saturated rings. The van der Waals surface area contributed by atoms with Gasteiger partial charge >= 0.3 is 0 Å². The molecule has 2 aromatic rings.